The molecular formula is C54H83N13O13S. The Kier molecular flexibility index (Phi) is 29.6. The molecule has 13 N–H and O–H groups in total. The number of hydrogen-bond acceptors (Lipinski definition) is 15. The topological polar surface area (TPSA) is 383 Å². The van der Waals surface area contributed by atoms with Gasteiger partial charge in [0.2, 0.25) is 70.9 Å². The number of amides is 12. The summed E-state index contributed by atoms with van der Waals surface area (Å²) in [5, 5.41) is 30.0. The number of carbonyl (C=O) groups excluding carboxylic acids is 12. The maximum absolute atomic E-state index is 14.2. The molecule has 2 aromatic rings. The summed E-state index contributed by atoms with van der Waals surface area (Å²) in [6, 6.07) is 6.24. The minimum absolute atomic E-state index is 0.0314. The lowest BCUT2D eigenvalue weighted by atomic mass is 10.00. The van der Waals surface area contributed by atoms with E-state index in [9.17, 15) is 62.6 Å². The van der Waals surface area contributed by atoms with Crippen LogP contribution in [0.25, 0.3) is 0 Å². The maximum Gasteiger partial charge on any atom is 0.245 e. The molecule has 0 radical (unpaired) electrons. The van der Waals surface area contributed by atoms with Gasteiger partial charge in [-0.3, -0.25) is 57.5 Å². The van der Waals surface area contributed by atoms with E-state index >= 15 is 0 Å². The molecule has 9 atom stereocenters. The smallest absolute Gasteiger partial charge is 0.245 e. The first-order valence-corrected chi connectivity index (χ1v) is 27.1. The van der Waals surface area contributed by atoms with Gasteiger partial charge in [-0.15, -0.1) is 0 Å². The zero-order valence-corrected chi connectivity index (χ0v) is 48.7. The van der Waals surface area contributed by atoms with Crippen molar-refractivity contribution in [2.75, 3.05) is 53.1 Å². The van der Waals surface area contributed by atoms with Crippen molar-refractivity contribution in [3.8, 4) is 0 Å². The van der Waals surface area contributed by atoms with Crippen molar-refractivity contribution in [1.29, 1.82) is 0 Å². The molecule has 9 unspecified atom stereocenters. The highest BCUT2D eigenvalue weighted by Crippen LogP contribution is 2.15. The summed E-state index contributed by atoms with van der Waals surface area (Å²) in [6.07, 6.45) is 0.0866. The average molecular weight is 1150 g/mol. The minimum Gasteiger partial charge on any atom is -0.394 e. The Morgan fingerprint density at radius 2 is 1.09 bits per heavy atom. The first-order chi connectivity index (χ1) is 38.1. The summed E-state index contributed by atoms with van der Waals surface area (Å²) in [6.45, 7) is 8.78. The van der Waals surface area contributed by atoms with E-state index < -0.39 is 151 Å². The highest BCUT2D eigenvalue weighted by atomic mass is 32.1. The fourth-order valence-electron chi connectivity index (χ4n) is 8.09. The van der Waals surface area contributed by atoms with Crippen LogP contribution in [0, 0.1) is 11.8 Å². The Balaban J connectivity index is 2.28. The van der Waals surface area contributed by atoms with Crippen LogP contribution in [0.2, 0.25) is 0 Å². The second-order valence-electron chi connectivity index (χ2n) is 20.4. The fourth-order valence-corrected chi connectivity index (χ4v) is 8.35. The summed E-state index contributed by atoms with van der Waals surface area (Å²) in [4.78, 5) is 163. The SMILES string of the molecule is CC(C)CC(C(=O)NC(C)C(=O)NC(C(=O)NC(Cc1ccccc1)C(=O)NC(CCS)C(=O)N(C)C(C)C(=O)NC(CO)C(=O)NCC(N)=O)C(C)C)N(C)C(=O)CNC(=O)C(Cc1ccccc1)N(C)C(=O)C(C)NC(=O)CN. The lowest BCUT2D eigenvalue weighted by molar-refractivity contribution is -0.143. The number of benzene rings is 2. The average Bonchev–Trinajstić information content (AvgIpc) is 3.44. The van der Waals surface area contributed by atoms with Crippen molar-refractivity contribution in [1.82, 2.24) is 57.2 Å². The molecule has 0 saturated heterocycles. The molecule has 0 aromatic heterocycles. The predicted molar refractivity (Wildman–Crippen MR) is 303 cm³/mol. The van der Waals surface area contributed by atoms with Gasteiger partial charge in [-0.1, -0.05) is 88.4 Å². The van der Waals surface area contributed by atoms with Gasteiger partial charge in [0.05, 0.1) is 26.2 Å². The number of primary amides is 1. The van der Waals surface area contributed by atoms with Gasteiger partial charge in [0.1, 0.15) is 54.4 Å². The first kappa shape index (κ1) is 69.5. The fraction of sp³-hybridized carbons (Fsp3) is 0.556. The molecule has 0 aliphatic carbocycles. The number of nitrogens with one attached hydrogen (secondary N) is 8. The molecule has 0 aliphatic heterocycles. The second kappa shape index (κ2) is 34.5. The van der Waals surface area contributed by atoms with E-state index in [1.54, 1.807) is 74.5 Å². The van der Waals surface area contributed by atoms with Crippen molar-refractivity contribution in [2.24, 2.45) is 23.3 Å². The van der Waals surface area contributed by atoms with Crippen molar-refractivity contribution >= 4 is 83.5 Å². The monoisotopic (exact) mass is 1150 g/mol. The molecule has 26 nitrogen and oxygen atoms in total. The quantitative estimate of drug-likeness (QED) is 0.0311. The molecule has 81 heavy (non-hydrogen) atoms. The summed E-state index contributed by atoms with van der Waals surface area (Å²) in [5.41, 5.74) is 11.8. The van der Waals surface area contributed by atoms with Crippen LogP contribution in [0.15, 0.2) is 60.7 Å². The molecule has 448 valence electrons. The number of likely N-dealkylation sites (N-methyl/N-ethyl adjacent to an activating group) is 3. The molecule has 2 aromatic carbocycles. The summed E-state index contributed by atoms with van der Waals surface area (Å²) in [7, 11) is 4.06. The van der Waals surface area contributed by atoms with Crippen LogP contribution in [0.3, 0.4) is 0 Å². The van der Waals surface area contributed by atoms with Gasteiger partial charge in [-0.25, -0.2) is 0 Å². The molecular weight excluding hydrogens is 1070 g/mol. The number of nitrogens with two attached hydrogens (primary N) is 2. The van der Waals surface area contributed by atoms with Gasteiger partial charge < -0.3 is 73.8 Å². The van der Waals surface area contributed by atoms with Gasteiger partial charge in [0.25, 0.3) is 0 Å². The largest absolute Gasteiger partial charge is 0.394 e. The lowest BCUT2D eigenvalue weighted by Gasteiger charge is -2.32. The zero-order valence-electron chi connectivity index (χ0n) is 47.8. The molecule has 0 spiro atoms. The Bertz CT molecular complexity index is 2490. The van der Waals surface area contributed by atoms with Crippen LogP contribution in [0.5, 0.6) is 0 Å². The Morgan fingerprint density at radius 3 is 1.60 bits per heavy atom. The van der Waals surface area contributed by atoms with E-state index in [1.165, 1.54) is 46.8 Å². The highest BCUT2D eigenvalue weighted by molar-refractivity contribution is 7.80. The van der Waals surface area contributed by atoms with Gasteiger partial charge in [0, 0.05) is 34.0 Å². The molecule has 27 heteroatoms. The molecule has 0 fully saturated rings. The third-order valence-corrected chi connectivity index (χ3v) is 13.4. The van der Waals surface area contributed by atoms with E-state index in [2.05, 4.69) is 55.2 Å². The molecule has 0 heterocycles. The molecule has 0 aliphatic rings. The molecule has 0 saturated carbocycles. The number of carbonyl (C=O) groups is 12. The maximum atomic E-state index is 14.2. The van der Waals surface area contributed by atoms with E-state index in [-0.39, 0.29) is 43.9 Å². The van der Waals surface area contributed by atoms with Gasteiger partial charge in [-0.05, 0) is 62.3 Å². The number of thiol groups is 1. The number of hydrogen-bond donors (Lipinski definition) is 12. The zero-order chi connectivity index (χ0) is 61.3. The van der Waals surface area contributed by atoms with Gasteiger partial charge in [-0.2, -0.15) is 12.6 Å². The van der Waals surface area contributed by atoms with E-state index in [0.717, 1.165) is 9.80 Å². The standard InChI is InChI=1S/C54H83N13O13S/c1-30(2)23-40(66(9)44(71)28-58-50(76)41(25-36-19-15-12-16-20-36)67(10)53(79)33(6)59-43(70)26-55)51(77)60-32(5)46(72)64-45(31(3)4)52(78)62-38(24-35-17-13-11-14-18-35)49(75)61-37(21-22-81)54(80)65(8)34(7)47(73)63-39(29-68)48(74)57-27-42(56)69/h11-20,30-34,37-41,45,68,81H,21-29,55H2,1-10H3,(H2,56,69)(H,57,74)(H,58,76)(H,59,70)(H,60,77)(H,61,75)(H,62,78)(H,63,73)(H,64,72). The van der Waals surface area contributed by atoms with Crippen molar-refractivity contribution in [3.63, 3.8) is 0 Å². The van der Waals surface area contributed by atoms with Crippen molar-refractivity contribution < 1.29 is 62.6 Å². The normalized spacial score (nSPS) is 14.4. The van der Waals surface area contributed by atoms with E-state index in [0.29, 0.717) is 11.1 Å². The number of aliphatic hydroxyl groups is 1. The number of nitrogens with zero attached hydrogens (tertiary/aromatic N) is 3. The third-order valence-electron chi connectivity index (χ3n) is 13.1. The van der Waals surface area contributed by atoms with E-state index in [1.807, 2.05) is 13.8 Å². The third kappa shape index (κ3) is 22.8. The Labute approximate surface area is 478 Å². The first-order valence-electron chi connectivity index (χ1n) is 26.5. The van der Waals surface area contributed by atoms with Crippen LogP contribution in [0.4, 0.5) is 0 Å². The summed E-state index contributed by atoms with van der Waals surface area (Å²) >= 11 is 4.27. The molecule has 2 rings (SSSR count). The number of rotatable bonds is 33. The van der Waals surface area contributed by atoms with Crippen LogP contribution >= 0.6 is 12.6 Å². The van der Waals surface area contributed by atoms with Gasteiger partial charge >= 0.3 is 0 Å². The predicted octanol–water partition coefficient (Wildman–Crippen LogP) is -3.39. The van der Waals surface area contributed by atoms with Crippen LogP contribution < -0.4 is 54.0 Å². The molecule has 12 amide bonds. The number of aliphatic hydroxyl groups excluding tert-OH is 1. The van der Waals surface area contributed by atoms with E-state index in [4.69, 9.17) is 11.5 Å². The van der Waals surface area contributed by atoms with Crippen molar-refractivity contribution in [2.45, 2.75) is 129 Å². The lowest BCUT2D eigenvalue weighted by Crippen LogP contribution is -2.61. The Hall–Kier alpha value is -7.65. The van der Waals surface area contributed by atoms with Crippen molar-refractivity contribution in [3.05, 3.63) is 71.8 Å². The van der Waals surface area contributed by atoms with Crippen LogP contribution in [-0.2, 0) is 70.4 Å². The second-order valence-corrected chi connectivity index (χ2v) is 20.8. The van der Waals surface area contributed by atoms with Gasteiger partial charge in [0.15, 0.2) is 0 Å². The van der Waals surface area contributed by atoms with Crippen LogP contribution in [0.1, 0.15) is 72.4 Å². The highest BCUT2D eigenvalue weighted by Gasteiger charge is 2.37. The summed E-state index contributed by atoms with van der Waals surface area (Å²) < 4.78 is 0. The molecule has 0 bridgehead atoms. The minimum atomic E-state index is -1.49. The van der Waals surface area contributed by atoms with Crippen LogP contribution in [-0.4, -0.2) is 198 Å². The Morgan fingerprint density at radius 1 is 0.543 bits per heavy atom. The summed E-state index contributed by atoms with van der Waals surface area (Å²) in [5.74, 6) is -9.62.